The normalized spacial score (nSPS) is 30.7. The van der Waals surface area contributed by atoms with E-state index in [-0.39, 0.29) is 0 Å². The van der Waals surface area contributed by atoms with Crippen molar-refractivity contribution in [2.24, 2.45) is 5.92 Å². The first-order chi connectivity index (χ1) is 11.9. The van der Waals surface area contributed by atoms with E-state index in [1.807, 2.05) is 18.5 Å². The molecule has 0 amide bonds. The number of ether oxygens (including phenoxy) is 2. The average molecular weight is 331 g/mol. The first kappa shape index (κ1) is 16.5. The number of pyridine rings is 1. The molecule has 3 aliphatic rings. The molecule has 1 aromatic heterocycles. The highest BCUT2D eigenvalue weighted by atomic mass is 16.5. The molecule has 132 valence electrons. The molecule has 24 heavy (non-hydrogen) atoms. The van der Waals surface area contributed by atoms with Crippen LogP contribution in [0.25, 0.3) is 0 Å². The predicted molar refractivity (Wildman–Crippen MR) is 92.8 cm³/mol. The van der Waals surface area contributed by atoms with E-state index in [9.17, 15) is 0 Å². The van der Waals surface area contributed by atoms with Crippen molar-refractivity contribution in [2.75, 3.05) is 46.0 Å². The van der Waals surface area contributed by atoms with Gasteiger partial charge in [0.25, 0.3) is 0 Å². The van der Waals surface area contributed by atoms with Gasteiger partial charge in [-0.15, -0.1) is 0 Å². The highest BCUT2D eigenvalue weighted by Crippen LogP contribution is 2.28. The number of fused-ring (bicyclic) bond motifs is 1. The summed E-state index contributed by atoms with van der Waals surface area (Å²) in [6.07, 6.45) is 7.86. The molecule has 0 bridgehead atoms. The first-order valence-electron chi connectivity index (χ1n) is 9.43. The van der Waals surface area contributed by atoms with Crippen LogP contribution in [0.3, 0.4) is 0 Å². The zero-order valence-corrected chi connectivity index (χ0v) is 14.5. The summed E-state index contributed by atoms with van der Waals surface area (Å²) in [4.78, 5) is 9.46. The topological polar surface area (TPSA) is 37.8 Å². The summed E-state index contributed by atoms with van der Waals surface area (Å²) < 4.78 is 11.8. The Morgan fingerprint density at radius 3 is 2.83 bits per heavy atom. The lowest BCUT2D eigenvalue weighted by molar-refractivity contribution is -0.0512. The fraction of sp³-hybridized carbons (Fsp3) is 0.737. The van der Waals surface area contributed by atoms with Crippen molar-refractivity contribution >= 4 is 0 Å². The lowest BCUT2D eigenvalue weighted by Gasteiger charge is -2.43. The summed E-state index contributed by atoms with van der Waals surface area (Å²) in [6.45, 7) is 8.20. The smallest absolute Gasteiger partial charge is 0.0743 e. The van der Waals surface area contributed by atoms with Crippen molar-refractivity contribution in [3.63, 3.8) is 0 Å². The van der Waals surface area contributed by atoms with Crippen molar-refractivity contribution in [1.82, 2.24) is 14.8 Å². The molecule has 2 atom stereocenters. The lowest BCUT2D eigenvalue weighted by Crippen LogP contribution is -2.51. The van der Waals surface area contributed by atoms with Gasteiger partial charge in [0.2, 0.25) is 0 Å². The van der Waals surface area contributed by atoms with Crippen molar-refractivity contribution in [2.45, 2.75) is 38.0 Å². The Hall–Kier alpha value is -1.01. The van der Waals surface area contributed by atoms with Gasteiger partial charge in [-0.05, 0) is 37.4 Å². The van der Waals surface area contributed by atoms with Gasteiger partial charge in [0.15, 0.2) is 0 Å². The third-order valence-corrected chi connectivity index (χ3v) is 5.80. The van der Waals surface area contributed by atoms with Crippen LogP contribution >= 0.6 is 0 Å². The third-order valence-electron chi connectivity index (χ3n) is 5.80. The van der Waals surface area contributed by atoms with Gasteiger partial charge in [-0.25, -0.2) is 0 Å². The van der Waals surface area contributed by atoms with Crippen molar-refractivity contribution in [3.8, 4) is 0 Å². The van der Waals surface area contributed by atoms with Crippen molar-refractivity contribution in [3.05, 3.63) is 30.1 Å². The number of likely N-dealkylation sites (tertiary alicyclic amines) is 1. The molecular weight excluding hydrogens is 302 g/mol. The number of nitrogens with zero attached hydrogens (tertiary/aromatic N) is 3. The Balaban J connectivity index is 1.34. The van der Waals surface area contributed by atoms with E-state index in [2.05, 4.69) is 20.9 Å². The fourth-order valence-electron chi connectivity index (χ4n) is 4.42. The monoisotopic (exact) mass is 331 g/mol. The molecular formula is C19H29N3O2. The van der Waals surface area contributed by atoms with Crippen LogP contribution in [0.4, 0.5) is 0 Å². The molecule has 0 radical (unpaired) electrons. The summed E-state index contributed by atoms with van der Waals surface area (Å²) >= 11 is 0. The molecule has 0 unspecified atom stereocenters. The Morgan fingerprint density at radius 1 is 1.08 bits per heavy atom. The van der Waals surface area contributed by atoms with E-state index in [0.717, 1.165) is 46.0 Å². The van der Waals surface area contributed by atoms with Gasteiger partial charge in [0, 0.05) is 63.7 Å². The van der Waals surface area contributed by atoms with Crippen LogP contribution in [-0.2, 0) is 16.0 Å². The summed E-state index contributed by atoms with van der Waals surface area (Å²) in [5, 5.41) is 0. The quantitative estimate of drug-likeness (QED) is 0.844. The van der Waals surface area contributed by atoms with Crippen LogP contribution in [0.1, 0.15) is 24.8 Å². The van der Waals surface area contributed by atoms with Crippen LogP contribution in [0.5, 0.6) is 0 Å². The fourth-order valence-corrected chi connectivity index (χ4v) is 4.42. The molecule has 3 aliphatic heterocycles. The van der Waals surface area contributed by atoms with E-state index in [1.165, 1.54) is 31.4 Å². The second kappa shape index (κ2) is 7.91. The number of piperidine rings is 1. The maximum Gasteiger partial charge on any atom is 0.0743 e. The number of aromatic nitrogens is 1. The number of rotatable bonds is 3. The largest absolute Gasteiger partial charge is 0.381 e. The summed E-state index contributed by atoms with van der Waals surface area (Å²) in [5.74, 6) is 0.667. The molecule has 1 aromatic rings. The van der Waals surface area contributed by atoms with E-state index >= 15 is 0 Å². The van der Waals surface area contributed by atoms with Gasteiger partial charge >= 0.3 is 0 Å². The Bertz CT molecular complexity index is 507. The van der Waals surface area contributed by atoms with Crippen LogP contribution in [0, 0.1) is 5.92 Å². The highest BCUT2D eigenvalue weighted by molar-refractivity contribution is 5.08. The summed E-state index contributed by atoms with van der Waals surface area (Å²) in [5.41, 5.74) is 1.30. The molecule has 0 aliphatic carbocycles. The SMILES string of the molecule is c1cncc(CN2CCO[C@H]3CN(C4CCOCC4)CC[C@H]3C2)c1. The van der Waals surface area contributed by atoms with Gasteiger partial charge in [-0.1, -0.05) is 6.07 Å². The molecule has 0 spiro atoms. The highest BCUT2D eigenvalue weighted by Gasteiger charge is 2.36. The molecule has 5 nitrogen and oxygen atoms in total. The molecule has 3 saturated heterocycles. The minimum absolute atomic E-state index is 0.403. The zero-order valence-electron chi connectivity index (χ0n) is 14.5. The zero-order chi connectivity index (χ0) is 16.2. The van der Waals surface area contributed by atoms with Gasteiger partial charge < -0.3 is 9.47 Å². The summed E-state index contributed by atoms with van der Waals surface area (Å²) in [7, 11) is 0. The Kier molecular flexibility index (Phi) is 5.43. The molecule has 4 heterocycles. The summed E-state index contributed by atoms with van der Waals surface area (Å²) in [6, 6.07) is 4.90. The second-order valence-corrected chi connectivity index (χ2v) is 7.39. The van der Waals surface area contributed by atoms with Gasteiger partial charge in [-0.2, -0.15) is 0 Å². The molecule has 5 heteroatoms. The first-order valence-corrected chi connectivity index (χ1v) is 9.43. The molecule has 0 aromatic carbocycles. The van der Waals surface area contributed by atoms with Crippen LogP contribution in [-0.4, -0.2) is 72.9 Å². The second-order valence-electron chi connectivity index (χ2n) is 7.39. The van der Waals surface area contributed by atoms with Gasteiger partial charge in [-0.3, -0.25) is 14.8 Å². The van der Waals surface area contributed by atoms with Crippen LogP contribution in [0.15, 0.2) is 24.5 Å². The van der Waals surface area contributed by atoms with E-state index in [4.69, 9.17) is 9.47 Å². The Morgan fingerprint density at radius 2 is 2.00 bits per heavy atom. The standard InChI is InChI=1S/C19H29N3O2/c1-2-16(12-20-6-1)13-21-8-11-24-19-15-22(7-3-17(19)14-21)18-4-9-23-10-5-18/h1-2,6,12,17-19H,3-5,7-11,13-15H2/t17-,19-/m0/s1. The van der Waals surface area contributed by atoms with Crippen LogP contribution < -0.4 is 0 Å². The predicted octanol–water partition coefficient (Wildman–Crippen LogP) is 1.78. The maximum absolute atomic E-state index is 6.27. The van der Waals surface area contributed by atoms with Gasteiger partial charge in [0.05, 0.1) is 12.7 Å². The van der Waals surface area contributed by atoms with Crippen LogP contribution in [0.2, 0.25) is 0 Å². The molecule has 0 saturated carbocycles. The van der Waals surface area contributed by atoms with E-state index < -0.39 is 0 Å². The minimum atomic E-state index is 0.403. The van der Waals surface area contributed by atoms with E-state index in [1.54, 1.807) is 0 Å². The maximum atomic E-state index is 6.27. The van der Waals surface area contributed by atoms with E-state index in [0.29, 0.717) is 18.1 Å². The third kappa shape index (κ3) is 3.97. The molecule has 0 N–H and O–H groups in total. The number of hydrogen-bond acceptors (Lipinski definition) is 5. The minimum Gasteiger partial charge on any atom is -0.381 e. The average Bonchev–Trinajstić information content (AvgIpc) is 2.84. The molecule has 3 fully saturated rings. The number of hydrogen-bond donors (Lipinski definition) is 0. The van der Waals surface area contributed by atoms with Gasteiger partial charge in [0.1, 0.15) is 0 Å². The molecule has 4 rings (SSSR count). The Labute approximate surface area is 144 Å². The van der Waals surface area contributed by atoms with Crippen molar-refractivity contribution in [1.29, 1.82) is 0 Å². The van der Waals surface area contributed by atoms with Crippen molar-refractivity contribution < 1.29 is 9.47 Å². The lowest BCUT2D eigenvalue weighted by atomic mass is 9.91.